The lowest BCUT2D eigenvalue weighted by Gasteiger charge is -2.45. The van der Waals surface area contributed by atoms with Crippen LogP contribution < -0.4 is 5.32 Å². The van der Waals surface area contributed by atoms with Crippen molar-refractivity contribution < 1.29 is 4.74 Å². The Bertz CT molecular complexity index is 306. The fraction of sp³-hybridized carbons (Fsp3) is 1.00. The van der Waals surface area contributed by atoms with Crippen LogP contribution in [0.2, 0.25) is 0 Å². The summed E-state index contributed by atoms with van der Waals surface area (Å²) in [5, 5.41) is 3.44. The van der Waals surface area contributed by atoms with Gasteiger partial charge in [-0.05, 0) is 65.5 Å². The lowest BCUT2D eigenvalue weighted by Crippen LogP contribution is -2.50. The summed E-state index contributed by atoms with van der Waals surface area (Å²) < 4.78 is 6.19. The number of nitrogens with one attached hydrogen (secondary N) is 1. The minimum absolute atomic E-state index is 0.263. The third-order valence-corrected chi connectivity index (χ3v) is 6.24. The van der Waals surface area contributed by atoms with Crippen molar-refractivity contribution >= 4 is 0 Å². The molecule has 3 fully saturated rings. The van der Waals surface area contributed by atoms with Crippen molar-refractivity contribution in [2.75, 3.05) is 20.7 Å². The van der Waals surface area contributed by atoms with Gasteiger partial charge in [-0.2, -0.15) is 0 Å². The smallest absolute Gasteiger partial charge is 0.0697 e. The van der Waals surface area contributed by atoms with Gasteiger partial charge >= 0.3 is 0 Å². The van der Waals surface area contributed by atoms with Crippen LogP contribution in [-0.4, -0.2) is 49.3 Å². The number of hydrogen-bond acceptors (Lipinski definition) is 3. The van der Waals surface area contributed by atoms with Gasteiger partial charge in [-0.25, -0.2) is 0 Å². The summed E-state index contributed by atoms with van der Waals surface area (Å²) in [6.07, 6.45) is 13.3. The highest BCUT2D eigenvalue weighted by atomic mass is 16.5. The summed E-state index contributed by atoms with van der Waals surface area (Å²) >= 11 is 0. The number of nitrogens with zero attached hydrogens (tertiary/aromatic N) is 1. The largest absolute Gasteiger partial charge is 0.375 e. The molecule has 0 aromatic heterocycles. The van der Waals surface area contributed by atoms with Crippen molar-refractivity contribution in [1.82, 2.24) is 10.2 Å². The summed E-state index contributed by atoms with van der Waals surface area (Å²) in [5.41, 5.74) is 0.263. The summed E-state index contributed by atoms with van der Waals surface area (Å²) in [6, 6.07) is 2.33. The van der Waals surface area contributed by atoms with Gasteiger partial charge in [-0.15, -0.1) is 0 Å². The molecular weight excluding hydrogens is 248 g/mol. The average molecular weight is 280 g/mol. The van der Waals surface area contributed by atoms with Gasteiger partial charge < -0.3 is 15.0 Å². The molecule has 20 heavy (non-hydrogen) atoms. The maximum Gasteiger partial charge on any atom is 0.0697 e. The van der Waals surface area contributed by atoms with Gasteiger partial charge in [0.15, 0.2) is 0 Å². The van der Waals surface area contributed by atoms with Gasteiger partial charge in [-0.3, -0.25) is 0 Å². The summed E-state index contributed by atoms with van der Waals surface area (Å²) in [7, 11) is 4.49. The molecule has 0 aromatic carbocycles. The molecule has 3 nitrogen and oxygen atoms in total. The highest BCUT2D eigenvalue weighted by Crippen LogP contribution is 2.41. The van der Waals surface area contributed by atoms with Crippen LogP contribution in [0, 0.1) is 0 Å². The zero-order valence-corrected chi connectivity index (χ0v) is 13.4. The zero-order valence-electron chi connectivity index (χ0n) is 13.4. The van der Waals surface area contributed by atoms with Gasteiger partial charge in [0.25, 0.3) is 0 Å². The summed E-state index contributed by atoms with van der Waals surface area (Å²) in [6.45, 7) is 0.987. The normalized spacial score (nSPS) is 37.6. The van der Waals surface area contributed by atoms with E-state index in [-0.39, 0.29) is 5.60 Å². The molecule has 0 bridgehead atoms. The van der Waals surface area contributed by atoms with Crippen molar-refractivity contribution in [2.45, 2.75) is 87.9 Å². The minimum atomic E-state index is 0.263. The highest BCUT2D eigenvalue weighted by molar-refractivity contribution is 4.95. The van der Waals surface area contributed by atoms with E-state index in [1.807, 2.05) is 0 Å². The maximum atomic E-state index is 6.19. The van der Waals surface area contributed by atoms with E-state index in [0.717, 1.165) is 24.7 Å². The van der Waals surface area contributed by atoms with E-state index in [1.165, 1.54) is 64.2 Å². The number of rotatable bonds is 3. The quantitative estimate of drug-likeness (QED) is 0.860. The van der Waals surface area contributed by atoms with Crippen LogP contribution in [0.3, 0.4) is 0 Å². The number of hydrogen-bond donors (Lipinski definition) is 1. The predicted molar refractivity (Wildman–Crippen MR) is 83.0 cm³/mol. The van der Waals surface area contributed by atoms with Gasteiger partial charge in [0.05, 0.1) is 5.60 Å². The Kier molecular flexibility index (Phi) is 4.68. The minimum Gasteiger partial charge on any atom is -0.375 e. The molecule has 0 radical (unpaired) electrons. The third-order valence-electron chi connectivity index (χ3n) is 6.24. The topological polar surface area (TPSA) is 24.5 Å². The fourth-order valence-corrected chi connectivity index (χ4v) is 4.79. The Morgan fingerprint density at radius 3 is 2.35 bits per heavy atom. The van der Waals surface area contributed by atoms with E-state index in [2.05, 4.69) is 24.3 Å². The van der Waals surface area contributed by atoms with E-state index in [1.54, 1.807) is 0 Å². The Morgan fingerprint density at radius 1 is 1.00 bits per heavy atom. The average Bonchev–Trinajstić information content (AvgIpc) is 2.94. The van der Waals surface area contributed by atoms with Gasteiger partial charge in [0, 0.05) is 24.7 Å². The first kappa shape index (κ1) is 14.8. The molecule has 1 spiro atoms. The Hall–Kier alpha value is -0.120. The van der Waals surface area contributed by atoms with Crippen LogP contribution in [0.25, 0.3) is 0 Å². The summed E-state index contributed by atoms with van der Waals surface area (Å²) in [4.78, 5) is 2.72. The molecule has 0 amide bonds. The first-order chi connectivity index (χ1) is 9.72. The standard InChI is InChI=1S/C17H32N2O/c1-18-14-5-7-15(8-6-14)19(2)16-9-12-20-17(13-16)10-3-4-11-17/h14-16,18H,3-13H2,1-2H3. The molecule has 116 valence electrons. The molecule has 3 heteroatoms. The number of ether oxygens (including phenoxy) is 1. The molecule has 1 atom stereocenters. The highest BCUT2D eigenvalue weighted by Gasteiger charge is 2.42. The molecule has 1 saturated heterocycles. The van der Waals surface area contributed by atoms with E-state index in [4.69, 9.17) is 4.74 Å². The lowest BCUT2D eigenvalue weighted by atomic mass is 9.85. The molecule has 1 aliphatic heterocycles. The second-order valence-corrected chi connectivity index (χ2v) is 7.34. The van der Waals surface area contributed by atoms with E-state index < -0.39 is 0 Å². The van der Waals surface area contributed by atoms with Crippen molar-refractivity contribution in [2.24, 2.45) is 0 Å². The molecule has 2 aliphatic carbocycles. The van der Waals surface area contributed by atoms with Gasteiger partial charge in [0.1, 0.15) is 0 Å². The van der Waals surface area contributed by atoms with E-state index in [9.17, 15) is 0 Å². The summed E-state index contributed by atoms with van der Waals surface area (Å²) in [5.74, 6) is 0. The lowest BCUT2D eigenvalue weighted by molar-refractivity contribution is -0.105. The van der Waals surface area contributed by atoms with E-state index >= 15 is 0 Å². The second-order valence-electron chi connectivity index (χ2n) is 7.34. The SMILES string of the molecule is CNC1CCC(N(C)C2CCOC3(CCCC3)C2)CC1. The first-order valence-corrected chi connectivity index (χ1v) is 8.76. The molecule has 1 unspecified atom stereocenters. The van der Waals surface area contributed by atoms with Crippen LogP contribution in [0.15, 0.2) is 0 Å². The second kappa shape index (κ2) is 6.33. The van der Waals surface area contributed by atoms with Crippen molar-refractivity contribution in [1.29, 1.82) is 0 Å². The third kappa shape index (κ3) is 3.05. The molecule has 3 aliphatic rings. The molecular formula is C17H32N2O. The van der Waals surface area contributed by atoms with Crippen LogP contribution in [0.4, 0.5) is 0 Å². The maximum absolute atomic E-state index is 6.19. The van der Waals surface area contributed by atoms with E-state index in [0.29, 0.717) is 0 Å². The van der Waals surface area contributed by atoms with Crippen LogP contribution in [-0.2, 0) is 4.74 Å². The molecule has 1 heterocycles. The Balaban J connectivity index is 1.55. The molecule has 2 saturated carbocycles. The van der Waals surface area contributed by atoms with Crippen molar-refractivity contribution in [3.05, 3.63) is 0 Å². The fourth-order valence-electron chi connectivity index (χ4n) is 4.79. The molecule has 1 N–H and O–H groups in total. The van der Waals surface area contributed by atoms with Crippen LogP contribution >= 0.6 is 0 Å². The predicted octanol–water partition coefficient (Wildman–Crippen LogP) is 2.94. The Morgan fingerprint density at radius 2 is 1.70 bits per heavy atom. The Labute approximate surface area is 124 Å². The molecule has 3 rings (SSSR count). The first-order valence-electron chi connectivity index (χ1n) is 8.76. The van der Waals surface area contributed by atoms with Crippen LogP contribution in [0.5, 0.6) is 0 Å². The zero-order chi connectivity index (χ0) is 14.0. The molecule has 0 aromatic rings. The van der Waals surface area contributed by atoms with Crippen LogP contribution in [0.1, 0.15) is 64.2 Å². The van der Waals surface area contributed by atoms with Crippen molar-refractivity contribution in [3.8, 4) is 0 Å². The monoisotopic (exact) mass is 280 g/mol. The van der Waals surface area contributed by atoms with Crippen molar-refractivity contribution in [3.63, 3.8) is 0 Å². The van der Waals surface area contributed by atoms with Gasteiger partial charge in [0.2, 0.25) is 0 Å². The van der Waals surface area contributed by atoms with Gasteiger partial charge in [-0.1, -0.05) is 12.8 Å².